The normalized spacial score (nSPS) is 27.9. The number of urea groups is 1. The third-order valence-corrected chi connectivity index (χ3v) is 3.34. The third-order valence-electron chi connectivity index (χ3n) is 3.34. The summed E-state index contributed by atoms with van der Waals surface area (Å²) in [4.78, 5) is 37.2. The number of carboxylic acids is 1. The van der Waals surface area contributed by atoms with Crippen LogP contribution in [0.15, 0.2) is 0 Å². The number of carbonyl (C=O) groups excluding carboxylic acids is 2. The summed E-state index contributed by atoms with van der Waals surface area (Å²) in [6.45, 7) is 0.829. The van der Waals surface area contributed by atoms with Gasteiger partial charge in [0.15, 0.2) is 0 Å². The van der Waals surface area contributed by atoms with Gasteiger partial charge in [-0.05, 0) is 6.42 Å². The van der Waals surface area contributed by atoms with Crippen molar-refractivity contribution in [3.05, 3.63) is 0 Å². The molecular weight excluding hydrogens is 254 g/mol. The highest BCUT2D eigenvalue weighted by Crippen LogP contribution is 2.20. The number of aliphatic hydroxyl groups excluding tert-OH is 1. The molecule has 19 heavy (non-hydrogen) atoms. The van der Waals surface area contributed by atoms with E-state index in [2.05, 4.69) is 5.32 Å². The summed E-state index contributed by atoms with van der Waals surface area (Å²) in [6.07, 6.45) is -0.168. The largest absolute Gasteiger partial charge is 0.480 e. The monoisotopic (exact) mass is 271 g/mol. The van der Waals surface area contributed by atoms with Gasteiger partial charge in [-0.25, -0.2) is 9.59 Å². The first-order valence-electron chi connectivity index (χ1n) is 6.22. The molecule has 8 nitrogen and oxygen atoms in total. The molecule has 2 atom stereocenters. The van der Waals surface area contributed by atoms with Crippen LogP contribution in [0.3, 0.4) is 0 Å². The second-order valence-electron chi connectivity index (χ2n) is 4.80. The number of rotatable bonds is 1. The summed E-state index contributed by atoms with van der Waals surface area (Å²) in [5.41, 5.74) is 0. The lowest BCUT2D eigenvalue weighted by atomic mass is 10.2. The predicted molar refractivity (Wildman–Crippen MR) is 63.3 cm³/mol. The summed E-state index contributed by atoms with van der Waals surface area (Å²) in [7, 11) is 0. The van der Waals surface area contributed by atoms with Gasteiger partial charge in [0, 0.05) is 26.1 Å². The van der Waals surface area contributed by atoms with Gasteiger partial charge in [-0.15, -0.1) is 0 Å². The van der Waals surface area contributed by atoms with Gasteiger partial charge in [-0.1, -0.05) is 0 Å². The number of carbonyl (C=O) groups is 3. The van der Waals surface area contributed by atoms with Crippen LogP contribution >= 0.6 is 0 Å². The average molecular weight is 271 g/mol. The summed E-state index contributed by atoms with van der Waals surface area (Å²) in [6, 6.07) is -1.52. The first kappa shape index (κ1) is 13.6. The fourth-order valence-electron chi connectivity index (χ4n) is 2.41. The molecule has 2 heterocycles. The highest BCUT2D eigenvalue weighted by atomic mass is 16.4. The van der Waals surface area contributed by atoms with Crippen LogP contribution < -0.4 is 5.32 Å². The number of likely N-dealkylation sites (tertiary alicyclic amines) is 1. The van der Waals surface area contributed by atoms with Gasteiger partial charge in [0.1, 0.15) is 12.6 Å². The second kappa shape index (κ2) is 5.43. The van der Waals surface area contributed by atoms with Gasteiger partial charge in [0.05, 0.1) is 6.10 Å². The Hall–Kier alpha value is -1.83. The van der Waals surface area contributed by atoms with Gasteiger partial charge < -0.3 is 25.3 Å². The van der Waals surface area contributed by atoms with Gasteiger partial charge in [-0.3, -0.25) is 4.79 Å². The molecule has 0 aliphatic carbocycles. The lowest BCUT2D eigenvalue weighted by Gasteiger charge is -2.28. The van der Waals surface area contributed by atoms with Gasteiger partial charge in [0.25, 0.3) is 0 Å². The number of aliphatic hydroxyl groups is 1. The molecule has 0 saturated carbocycles. The molecule has 3 amide bonds. The minimum atomic E-state index is -1.14. The predicted octanol–water partition coefficient (Wildman–Crippen LogP) is -1.55. The number of carboxylic acid groups (broad SMARTS) is 1. The molecular formula is C11H17N3O5. The van der Waals surface area contributed by atoms with Crippen LogP contribution in [0.5, 0.6) is 0 Å². The van der Waals surface area contributed by atoms with Crippen LogP contribution in [-0.4, -0.2) is 76.2 Å². The third kappa shape index (κ3) is 2.95. The van der Waals surface area contributed by atoms with E-state index in [-0.39, 0.29) is 25.4 Å². The van der Waals surface area contributed by atoms with E-state index >= 15 is 0 Å². The molecule has 8 heteroatoms. The quantitative estimate of drug-likeness (QED) is 0.534. The number of hydrogen-bond acceptors (Lipinski definition) is 4. The lowest BCUT2D eigenvalue weighted by Crippen LogP contribution is -2.49. The highest BCUT2D eigenvalue weighted by molar-refractivity contribution is 5.87. The molecule has 2 fully saturated rings. The SMILES string of the molecule is O=C1CN(C(=O)N2CC(O)CC2C(=O)O)CCCN1. The molecule has 3 N–H and O–H groups in total. The van der Waals surface area contributed by atoms with Crippen LogP contribution in [0.25, 0.3) is 0 Å². The first-order valence-corrected chi connectivity index (χ1v) is 6.22. The van der Waals surface area contributed by atoms with Crippen LogP contribution in [0.1, 0.15) is 12.8 Å². The van der Waals surface area contributed by atoms with Gasteiger partial charge in [-0.2, -0.15) is 0 Å². The number of nitrogens with one attached hydrogen (secondary N) is 1. The van der Waals surface area contributed by atoms with Crippen molar-refractivity contribution in [1.29, 1.82) is 0 Å². The fraction of sp³-hybridized carbons (Fsp3) is 0.727. The number of nitrogens with zero attached hydrogens (tertiary/aromatic N) is 2. The maximum Gasteiger partial charge on any atom is 0.326 e. The lowest BCUT2D eigenvalue weighted by molar-refractivity contribution is -0.141. The van der Waals surface area contributed by atoms with Crippen molar-refractivity contribution >= 4 is 17.9 Å². The van der Waals surface area contributed by atoms with Crippen LogP contribution in [0.2, 0.25) is 0 Å². The van der Waals surface area contributed by atoms with Crippen LogP contribution in [0, 0.1) is 0 Å². The zero-order valence-corrected chi connectivity index (χ0v) is 10.4. The molecule has 0 spiro atoms. The Morgan fingerprint density at radius 3 is 2.79 bits per heavy atom. The second-order valence-corrected chi connectivity index (χ2v) is 4.80. The zero-order chi connectivity index (χ0) is 14.0. The van der Waals surface area contributed by atoms with E-state index in [0.29, 0.717) is 19.5 Å². The molecule has 0 aromatic rings. The molecule has 2 saturated heterocycles. The number of hydrogen-bond donors (Lipinski definition) is 3. The van der Waals surface area contributed by atoms with Crippen molar-refractivity contribution in [3.8, 4) is 0 Å². The zero-order valence-electron chi connectivity index (χ0n) is 10.4. The molecule has 0 bridgehead atoms. The number of amides is 3. The summed E-state index contributed by atoms with van der Waals surface area (Å²) in [5.74, 6) is -1.39. The minimum absolute atomic E-state index is 0.00603. The van der Waals surface area contributed by atoms with E-state index in [1.165, 1.54) is 4.90 Å². The molecule has 2 unspecified atom stereocenters. The van der Waals surface area contributed by atoms with Crippen molar-refractivity contribution in [2.24, 2.45) is 0 Å². The van der Waals surface area contributed by atoms with Crippen molar-refractivity contribution in [1.82, 2.24) is 15.1 Å². The summed E-state index contributed by atoms with van der Waals surface area (Å²) < 4.78 is 0. The van der Waals surface area contributed by atoms with E-state index in [4.69, 9.17) is 5.11 Å². The Bertz CT molecular complexity index is 400. The fourth-order valence-corrected chi connectivity index (χ4v) is 2.41. The first-order chi connectivity index (χ1) is 8.99. The molecule has 0 aromatic heterocycles. The van der Waals surface area contributed by atoms with E-state index in [0.717, 1.165) is 4.90 Å². The van der Waals surface area contributed by atoms with Gasteiger partial charge >= 0.3 is 12.0 Å². The van der Waals surface area contributed by atoms with E-state index in [1.54, 1.807) is 0 Å². The topological polar surface area (TPSA) is 110 Å². The smallest absolute Gasteiger partial charge is 0.326 e. The number of β-amino-alcohol motifs (C(OH)–C–C–N with tert-alkyl or cyclic N) is 1. The maximum absolute atomic E-state index is 12.3. The van der Waals surface area contributed by atoms with E-state index in [1.807, 2.05) is 0 Å². The minimum Gasteiger partial charge on any atom is -0.480 e. The Balaban J connectivity index is 2.09. The molecule has 0 radical (unpaired) electrons. The maximum atomic E-state index is 12.3. The Labute approximate surface area is 110 Å². The Morgan fingerprint density at radius 2 is 2.11 bits per heavy atom. The molecule has 2 rings (SSSR count). The molecule has 2 aliphatic heterocycles. The van der Waals surface area contributed by atoms with Crippen molar-refractivity contribution < 1.29 is 24.6 Å². The average Bonchev–Trinajstić information content (AvgIpc) is 2.61. The van der Waals surface area contributed by atoms with Crippen LogP contribution in [0.4, 0.5) is 4.79 Å². The molecule has 0 aromatic carbocycles. The van der Waals surface area contributed by atoms with Gasteiger partial charge in [0.2, 0.25) is 5.91 Å². The Morgan fingerprint density at radius 1 is 1.37 bits per heavy atom. The Kier molecular flexibility index (Phi) is 3.89. The van der Waals surface area contributed by atoms with Crippen molar-refractivity contribution in [2.45, 2.75) is 25.0 Å². The van der Waals surface area contributed by atoms with E-state index in [9.17, 15) is 19.5 Å². The highest BCUT2D eigenvalue weighted by Gasteiger charge is 2.41. The molecule has 106 valence electrons. The number of aliphatic carboxylic acids is 1. The summed E-state index contributed by atoms with van der Waals surface area (Å²) >= 11 is 0. The summed E-state index contributed by atoms with van der Waals surface area (Å²) in [5, 5.41) is 21.2. The van der Waals surface area contributed by atoms with Crippen molar-refractivity contribution in [2.75, 3.05) is 26.2 Å². The molecule has 2 aliphatic rings. The van der Waals surface area contributed by atoms with Crippen LogP contribution in [-0.2, 0) is 9.59 Å². The van der Waals surface area contributed by atoms with Crippen molar-refractivity contribution in [3.63, 3.8) is 0 Å². The van der Waals surface area contributed by atoms with E-state index < -0.39 is 24.1 Å². The standard InChI is InChI=1S/C11H17N3O5/c15-7-4-8(10(17)18)14(5-7)11(19)13-3-1-2-12-9(16)6-13/h7-8,15H,1-6H2,(H,12,16)(H,17,18).